The van der Waals surface area contributed by atoms with E-state index in [0.29, 0.717) is 10.0 Å². The fraction of sp³-hybridized carbons (Fsp3) is 0.0526. The molecule has 0 saturated heterocycles. The minimum atomic E-state index is -0.0891. The van der Waals surface area contributed by atoms with E-state index >= 15 is 0 Å². The van der Waals surface area contributed by atoms with Gasteiger partial charge in [-0.3, -0.25) is 9.20 Å². The molecule has 2 heterocycles. The van der Waals surface area contributed by atoms with E-state index in [1.807, 2.05) is 40.2 Å². The van der Waals surface area contributed by atoms with Gasteiger partial charge < -0.3 is 5.32 Å². The molecule has 0 aliphatic rings. The first-order chi connectivity index (χ1) is 12.6. The predicted molar refractivity (Wildman–Crippen MR) is 107 cm³/mol. The molecular weight excluding hydrogens is 389 g/mol. The summed E-state index contributed by atoms with van der Waals surface area (Å²) in [5.74, 6) is -0.0891. The van der Waals surface area contributed by atoms with E-state index in [1.165, 1.54) is 11.3 Å². The van der Waals surface area contributed by atoms with Crippen LogP contribution in [0.3, 0.4) is 0 Å². The summed E-state index contributed by atoms with van der Waals surface area (Å²) in [6, 6.07) is 14.6. The van der Waals surface area contributed by atoms with Gasteiger partial charge in [0.2, 0.25) is 5.91 Å². The zero-order valence-corrected chi connectivity index (χ0v) is 15.8. The molecule has 26 heavy (non-hydrogen) atoms. The molecule has 2 aromatic carbocycles. The Hall–Kier alpha value is -2.34. The van der Waals surface area contributed by atoms with Crippen molar-refractivity contribution in [3.05, 3.63) is 75.8 Å². The molecule has 0 unspecified atom stereocenters. The number of nitrogens with one attached hydrogen (secondary N) is 1. The molecule has 1 amide bonds. The quantitative estimate of drug-likeness (QED) is 0.487. The van der Waals surface area contributed by atoms with Crippen molar-refractivity contribution < 1.29 is 4.79 Å². The second-order valence-electron chi connectivity index (χ2n) is 5.74. The number of aromatic nitrogens is 2. The highest BCUT2D eigenvalue weighted by Gasteiger charge is 2.13. The Kier molecular flexibility index (Phi) is 4.68. The third kappa shape index (κ3) is 3.60. The van der Waals surface area contributed by atoms with Crippen LogP contribution in [0.4, 0.5) is 5.69 Å². The summed E-state index contributed by atoms with van der Waals surface area (Å²) in [6.45, 7) is 0. The van der Waals surface area contributed by atoms with Gasteiger partial charge in [-0.05, 0) is 36.4 Å². The van der Waals surface area contributed by atoms with E-state index in [4.69, 9.17) is 23.2 Å². The van der Waals surface area contributed by atoms with E-state index in [0.717, 1.165) is 27.6 Å². The van der Waals surface area contributed by atoms with Crippen LogP contribution in [-0.2, 0) is 11.2 Å². The Labute approximate surface area is 164 Å². The fourth-order valence-corrected chi connectivity index (χ4v) is 3.74. The lowest BCUT2D eigenvalue weighted by Gasteiger charge is -2.04. The van der Waals surface area contributed by atoms with Gasteiger partial charge in [-0.25, -0.2) is 4.98 Å². The third-order valence-electron chi connectivity index (χ3n) is 3.89. The van der Waals surface area contributed by atoms with E-state index in [-0.39, 0.29) is 12.3 Å². The van der Waals surface area contributed by atoms with E-state index in [1.54, 1.807) is 24.3 Å². The largest absolute Gasteiger partial charge is 0.326 e. The maximum Gasteiger partial charge on any atom is 0.230 e. The van der Waals surface area contributed by atoms with Gasteiger partial charge in [-0.1, -0.05) is 35.3 Å². The van der Waals surface area contributed by atoms with Crippen molar-refractivity contribution in [2.75, 3.05) is 5.32 Å². The second-order valence-corrected chi connectivity index (χ2v) is 7.45. The highest BCUT2D eigenvalue weighted by Crippen LogP contribution is 2.25. The van der Waals surface area contributed by atoms with Crippen LogP contribution in [0.1, 0.15) is 5.69 Å². The van der Waals surface area contributed by atoms with Gasteiger partial charge in [-0.15, -0.1) is 11.3 Å². The number of halogens is 2. The summed E-state index contributed by atoms with van der Waals surface area (Å²) in [6.07, 6.45) is 2.21. The number of amides is 1. The molecule has 4 rings (SSSR count). The Bertz CT molecular complexity index is 1070. The zero-order chi connectivity index (χ0) is 18.1. The molecule has 0 aliphatic heterocycles. The number of hydrogen-bond acceptors (Lipinski definition) is 3. The number of hydrogen-bond donors (Lipinski definition) is 1. The number of imidazole rings is 1. The Morgan fingerprint density at radius 1 is 1.04 bits per heavy atom. The van der Waals surface area contributed by atoms with Crippen LogP contribution in [0.15, 0.2) is 60.1 Å². The van der Waals surface area contributed by atoms with Gasteiger partial charge in [0.05, 0.1) is 12.1 Å². The SMILES string of the molecule is O=C(Cc1csc2nc(-c3ccc(Cl)cc3)cn12)Nc1ccc(Cl)cc1. The number of anilines is 1. The predicted octanol–water partition coefficient (Wildman–Crippen LogP) is 5.55. The Balaban J connectivity index is 1.54. The molecule has 7 heteroatoms. The lowest BCUT2D eigenvalue weighted by Crippen LogP contribution is -2.15. The minimum absolute atomic E-state index is 0.0891. The van der Waals surface area contributed by atoms with Crippen LogP contribution in [-0.4, -0.2) is 15.3 Å². The van der Waals surface area contributed by atoms with Crippen LogP contribution >= 0.6 is 34.5 Å². The van der Waals surface area contributed by atoms with Crippen molar-refractivity contribution in [2.45, 2.75) is 6.42 Å². The molecular formula is C19H13Cl2N3OS. The Morgan fingerprint density at radius 2 is 1.69 bits per heavy atom. The lowest BCUT2D eigenvalue weighted by atomic mass is 10.2. The molecule has 0 radical (unpaired) electrons. The van der Waals surface area contributed by atoms with E-state index in [2.05, 4.69) is 10.3 Å². The number of carbonyl (C=O) groups is 1. The lowest BCUT2D eigenvalue weighted by molar-refractivity contribution is -0.115. The average Bonchev–Trinajstić information content (AvgIpc) is 3.20. The molecule has 0 spiro atoms. The van der Waals surface area contributed by atoms with Gasteiger partial charge in [0.25, 0.3) is 0 Å². The number of carbonyl (C=O) groups excluding carboxylic acids is 1. The van der Waals surface area contributed by atoms with E-state index in [9.17, 15) is 4.79 Å². The molecule has 0 saturated carbocycles. The molecule has 0 aliphatic carbocycles. The van der Waals surface area contributed by atoms with Crippen LogP contribution < -0.4 is 5.32 Å². The molecule has 4 aromatic rings. The normalized spacial score (nSPS) is 11.0. The van der Waals surface area contributed by atoms with E-state index < -0.39 is 0 Å². The van der Waals surface area contributed by atoms with Crippen LogP contribution in [0.5, 0.6) is 0 Å². The first-order valence-corrected chi connectivity index (χ1v) is 9.49. The number of rotatable bonds is 4. The topological polar surface area (TPSA) is 46.4 Å². The maximum absolute atomic E-state index is 12.3. The molecule has 0 bridgehead atoms. The molecule has 0 fully saturated rings. The standard InChI is InChI=1S/C19H13Cl2N3OS/c20-13-3-1-12(2-4-13)17-10-24-16(11-26-19(24)23-17)9-18(25)22-15-7-5-14(21)6-8-15/h1-8,10-11H,9H2,(H,22,25). The van der Waals surface area contributed by atoms with Crippen molar-refractivity contribution in [1.29, 1.82) is 0 Å². The van der Waals surface area contributed by atoms with Gasteiger partial charge in [0, 0.05) is 38.6 Å². The van der Waals surface area contributed by atoms with Crippen LogP contribution in [0.25, 0.3) is 16.2 Å². The number of nitrogens with zero attached hydrogens (tertiary/aromatic N) is 2. The van der Waals surface area contributed by atoms with Crippen LogP contribution in [0, 0.1) is 0 Å². The number of thiazole rings is 1. The first kappa shape index (κ1) is 17.1. The minimum Gasteiger partial charge on any atom is -0.326 e. The van der Waals surface area contributed by atoms with Crippen molar-refractivity contribution in [2.24, 2.45) is 0 Å². The summed E-state index contributed by atoms with van der Waals surface area (Å²) in [5, 5.41) is 6.15. The average molecular weight is 402 g/mol. The zero-order valence-electron chi connectivity index (χ0n) is 13.4. The van der Waals surface area contributed by atoms with Crippen molar-refractivity contribution >= 4 is 51.1 Å². The van der Waals surface area contributed by atoms with Crippen LogP contribution in [0.2, 0.25) is 10.0 Å². The smallest absolute Gasteiger partial charge is 0.230 e. The summed E-state index contributed by atoms with van der Waals surface area (Å²) in [7, 11) is 0. The number of fused-ring (bicyclic) bond motifs is 1. The molecule has 2 aromatic heterocycles. The summed E-state index contributed by atoms with van der Waals surface area (Å²) in [5.41, 5.74) is 3.46. The molecule has 0 atom stereocenters. The highest BCUT2D eigenvalue weighted by atomic mass is 35.5. The molecule has 4 nitrogen and oxygen atoms in total. The van der Waals surface area contributed by atoms with Gasteiger partial charge in [0.15, 0.2) is 4.96 Å². The van der Waals surface area contributed by atoms with Crippen molar-refractivity contribution in [3.8, 4) is 11.3 Å². The van der Waals surface area contributed by atoms with Gasteiger partial charge in [0.1, 0.15) is 0 Å². The second kappa shape index (κ2) is 7.11. The first-order valence-electron chi connectivity index (χ1n) is 7.85. The Morgan fingerprint density at radius 3 is 2.38 bits per heavy atom. The van der Waals surface area contributed by atoms with Gasteiger partial charge >= 0.3 is 0 Å². The van der Waals surface area contributed by atoms with Crippen molar-refractivity contribution in [3.63, 3.8) is 0 Å². The highest BCUT2D eigenvalue weighted by molar-refractivity contribution is 7.15. The summed E-state index contributed by atoms with van der Waals surface area (Å²) < 4.78 is 1.95. The third-order valence-corrected chi connectivity index (χ3v) is 5.29. The van der Waals surface area contributed by atoms with Gasteiger partial charge in [-0.2, -0.15) is 0 Å². The molecule has 130 valence electrons. The summed E-state index contributed by atoms with van der Waals surface area (Å²) >= 11 is 13.3. The number of benzene rings is 2. The monoisotopic (exact) mass is 401 g/mol. The summed E-state index contributed by atoms with van der Waals surface area (Å²) in [4.78, 5) is 17.8. The maximum atomic E-state index is 12.3. The fourth-order valence-electron chi connectivity index (χ4n) is 2.62. The van der Waals surface area contributed by atoms with Crippen molar-refractivity contribution in [1.82, 2.24) is 9.38 Å². The molecule has 1 N–H and O–H groups in total.